The molecular formula is C26H23ClN4O2. The van der Waals surface area contributed by atoms with Gasteiger partial charge in [-0.2, -0.15) is 0 Å². The Bertz CT molecular complexity index is 1230. The number of amides is 1. The predicted molar refractivity (Wildman–Crippen MR) is 128 cm³/mol. The number of hydrogen-bond donors (Lipinski definition) is 1. The second kappa shape index (κ2) is 9.08. The molecule has 0 unspecified atom stereocenters. The molecule has 1 fully saturated rings. The van der Waals surface area contributed by atoms with Crippen LogP contribution in [-0.4, -0.2) is 20.4 Å². The van der Waals surface area contributed by atoms with Gasteiger partial charge in [0.2, 0.25) is 11.8 Å². The van der Waals surface area contributed by atoms with Gasteiger partial charge < -0.3 is 14.6 Å². The van der Waals surface area contributed by atoms with Gasteiger partial charge in [0, 0.05) is 29.2 Å². The topological polar surface area (TPSA) is 69.0 Å². The van der Waals surface area contributed by atoms with Gasteiger partial charge in [0.25, 0.3) is 0 Å². The van der Waals surface area contributed by atoms with Gasteiger partial charge in [-0.25, -0.2) is 9.97 Å². The smallest absolute Gasteiger partial charge is 0.235 e. The summed E-state index contributed by atoms with van der Waals surface area (Å²) in [5.41, 5.74) is 1.22. The lowest BCUT2D eigenvalue weighted by Crippen LogP contribution is -2.37. The first-order chi connectivity index (χ1) is 16.1. The Balaban J connectivity index is 1.29. The molecule has 0 spiro atoms. The molecule has 0 radical (unpaired) electrons. The third kappa shape index (κ3) is 4.47. The van der Waals surface area contributed by atoms with Crippen LogP contribution in [0.5, 0.6) is 11.6 Å². The zero-order chi connectivity index (χ0) is 22.7. The molecule has 1 saturated carbocycles. The van der Waals surface area contributed by atoms with Crippen molar-refractivity contribution < 1.29 is 9.53 Å². The van der Waals surface area contributed by atoms with E-state index in [9.17, 15) is 4.79 Å². The SMILES string of the molecule is O=C(Nc1ccc(Oc2cc(-n3cccc3)ncn2)cc1)C1(c2ccc(Cl)cc2)CCCC1. The number of rotatable bonds is 6. The second-order valence-electron chi connectivity index (χ2n) is 8.18. The maximum absolute atomic E-state index is 13.4. The van der Waals surface area contributed by atoms with E-state index in [2.05, 4.69) is 15.3 Å². The normalized spacial score (nSPS) is 14.7. The van der Waals surface area contributed by atoms with E-state index in [0.717, 1.165) is 42.8 Å². The highest BCUT2D eigenvalue weighted by Crippen LogP contribution is 2.42. The molecule has 0 aliphatic heterocycles. The number of anilines is 1. The van der Waals surface area contributed by atoms with Crippen LogP contribution in [0, 0.1) is 0 Å². The first-order valence-electron chi connectivity index (χ1n) is 10.9. The van der Waals surface area contributed by atoms with Gasteiger partial charge >= 0.3 is 0 Å². The lowest BCUT2D eigenvalue weighted by molar-refractivity contribution is -0.121. The minimum atomic E-state index is -0.518. The Kier molecular flexibility index (Phi) is 5.84. The molecule has 4 aromatic rings. The summed E-state index contributed by atoms with van der Waals surface area (Å²) in [6.07, 6.45) is 9.02. The molecule has 0 bridgehead atoms. The van der Waals surface area contributed by atoms with Crippen molar-refractivity contribution in [2.24, 2.45) is 0 Å². The van der Waals surface area contributed by atoms with Crippen molar-refractivity contribution in [3.05, 3.63) is 96.0 Å². The van der Waals surface area contributed by atoms with Gasteiger partial charge in [0.1, 0.15) is 17.9 Å². The minimum absolute atomic E-state index is 0.0168. The van der Waals surface area contributed by atoms with E-state index in [0.29, 0.717) is 16.7 Å². The van der Waals surface area contributed by atoms with Gasteiger partial charge in [0.05, 0.1) is 5.41 Å². The van der Waals surface area contributed by atoms with Crippen molar-refractivity contribution in [2.75, 3.05) is 5.32 Å². The number of nitrogens with one attached hydrogen (secondary N) is 1. The highest BCUT2D eigenvalue weighted by atomic mass is 35.5. The van der Waals surface area contributed by atoms with Gasteiger partial charge in [-0.05, 0) is 66.9 Å². The largest absolute Gasteiger partial charge is 0.439 e. The standard InChI is InChI=1S/C26H23ClN4O2/c27-20-7-5-19(6-8-20)26(13-1-2-14-26)25(32)30-21-9-11-22(12-10-21)33-24-17-23(28-18-29-24)31-15-3-4-16-31/h3-12,15-18H,1-2,13-14H2,(H,30,32). The van der Waals surface area contributed by atoms with Crippen molar-refractivity contribution in [3.63, 3.8) is 0 Å². The van der Waals surface area contributed by atoms with Crippen molar-refractivity contribution in [1.82, 2.24) is 14.5 Å². The average Bonchev–Trinajstić information content (AvgIpc) is 3.54. The van der Waals surface area contributed by atoms with Gasteiger partial charge in [-0.3, -0.25) is 4.79 Å². The highest BCUT2D eigenvalue weighted by molar-refractivity contribution is 6.30. The van der Waals surface area contributed by atoms with Crippen LogP contribution in [-0.2, 0) is 10.2 Å². The summed E-state index contributed by atoms with van der Waals surface area (Å²) < 4.78 is 7.77. The quantitative estimate of drug-likeness (QED) is 0.375. The number of halogens is 1. The first kappa shape index (κ1) is 21.2. The van der Waals surface area contributed by atoms with Crippen molar-refractivity contribution in [2.45, 2.75) is 31.1 Å². The summed E-state index contributed by atoms with van der Waals surface area (Å²) in [7, 11) is 0. The van der Waals surface area contributed by atoms with E-state index in [4.69, 9.17) is 16.3 Å². The van der Waals surface area contributed by atoms with Crippen LogP contribution in [0.3, 0.4) is 0 Å². The molecule has 1 aliphatic rings. The van der Waals surface area contributed by atoms with Crippen LogP contribution in [0.15, 0.2) is 85.5 Å². The van der Waals surface area contributed by atoms with Crippen LogP contribution in [0.25, 0.3) is 5.82 Å². The molecule has 2 aromatic carbocycles. The fourth-order valence-corrected chi connectivity index (χ4v) is 4.51. The zero-order valence-electron chi connectivity index (χ0n) is 17.9. The molecule has 2 aromatic heterocycles. The van der Waals surface area contributed by atoms with Crippen LogP contribution in [0.1, 0.15) is 31.2 Å². The minimum Gasteiger partial charge on any atom is -0.439 e. The predicted octanol–water partition coefficient (Wildman–Crippen LogP) is 6.16. The number of carbonyl (C=O) groups is 1. The Hall–Kier alpha value is -3.64. The fourth-order valence-electron chi connectivity index (χ4n) is 4.39. The summed E-state index contributed by atoms with van der Waals surface area (Å²) in [4.78, 5) is 21.8. The van der Waals surface area contributed by atoms with Crippen LogP contribution in [0.4, 0.5) is 5.69 Å². The molecular weight excluding hydrogens is 436 g/mol. The number of aromatic nitrogens is 3. The summed E-state index contributed by atoms with van der Waals surface area (Å²) in [5, 5.41) is 3.77. The Morgan fingerprint density at radius 1 is 0.970 bits per heavy atom. The lowest BCUT2D eigenvalue weighted by Gasteiger charge is -2.28. The van der Waals surface area contributed by atoms with Crippen LogP contribution in [0.2, 0.25) is 5.02 Å². The lowest BCUT2D eigenvalue weighted by atomic mass is 9.78. The fraction of sp³-hybridized carbons (Fsp3) is 0.192. The first-order valence-corrected chi connectivity index (χ1v) is 11.3. The van der Waals surface area contributed by atoms with Crippen LogP contribution < -0.4 is 10.1 Å². The molecule has 1 amide bonds. The van der Waals surface area contributed by atoms with E-state index < -0.39 is 5.41 Å². The molecule has 33 heavy (non-hydrogen) atoms. The second-order valence-corrected chi connectivity index (χ2v) is 8.62. The molecule has 1 aliphatic carbocycles. The van der Waals surface area contributed by atoms with Gasteiger partial charge in [-0.15, -0.1) is 0 Å². The maximum atomic E-state index is 13.4. The van der Waals surface area contributed by atoms with Crippen molar-refractivity contribution in [1.29, 1.82) is 0 Å². The summed E-state index contributed by atoms with van der Waals surface area (Å²) >= 11 is 6.06. The van der Waals surface area contributed by atoms with Crippen molar-refractivity contribution in [3.8, 4) is 17.4 Å². The number of ether oxygens (including phenoxy) is 1. The van der Waals surface area contributed by atoms with E-state index in [1.807, 2.05) is 77.6 Å². The number of carbonyl (C=O) groups excluding carboxylic acids is 1. The molecule has 0 atom stereocenters. The molecule has 7 heteroatoms. The van der Waals surface area contributed by atoms with Gasteiger partial charge in [-0.1, -0.05) is 36.6 Å². The monoisotopic (exact) mass is 458 g/mol. The Labute approximate surface area is 197 Å². The third-order valence-corrected chi connectivity index (χ3v) is 6.37. The summed E-state index contributed by atoms with van der Waals surface area (Å²) in [6, 6.07) is 20.6. The molecule has 5 rings (SSSR count). The van der Waals surface area contributed by atoms with Crippen molar-refractivity contribution >= 4 is 23.2 Å². The maximum Gasteiger partial charge on any atom is 0.235 e. The number of hydrogen-bond acceptors (Lipinski definition) is 4. The molecule has 166 valence electrons. The van der Waals surface area contributed by atoms with E-state index in [1.165, 1.54) is 6.33 Å². The molecule has 6 nitrogen and oxygen atoms in total. The van der Waals surface area contributed by atoms with E-state index in [-0.39, 0.29) is 5.91 Å². The number of benzene rings is 2. The van der Waals surface area contributed by atoms with Gasteiger partial charge in [0.15, 0.2) is 0 Å². The molecule has 1 N–H and O–H groups in total. The highest BCUT2D eigenvalue weighted by Gasteiger charge is 2.42. The van der Waals surface area contributed by atoms with E-state index in [1.54, 1.807) is 6.07 Å². The summed E-state index contributed by atoms with van der Waals surface area (Å²) in [5.74, 6) is 1.80. The molecule has 0 saturated heterocycles. The third-order valence-electron chi connectivity index (χ3n) is 6.12. The average molecular weight is 459 g/mol. The Morgan fingerprint density at radius 3 is 2.36 bits per heavy atom. The van der Waals surface area contributed by atoms with E-state index >= 15 is 0 Å². The van der Waals surface area contributed by atoms with Crippen LogP contribution >= 0.6 is 11.6 Å². The molecule has 2 heterocycles. The summed E-state index contributed by atoms with van der Waals surface area (Å²) in [6.45, 7) is 0. The zero-order valence-corrected chi connectivity index (χ0v) is 18.7. The Morgan fingerprint density at radius 2 is 1.67 bits per heavy atom. The number of nitrogens with zero attached hydrogens (tertiary/aromatic N) is 3.